The van der Waals surface area contributed by atoms with Crippen LogP contribution in [0.25, 0.3) is 0 Å². The summed E-state index contributed by atoms with van der Waals surface area (Å²) in [5.41, 5.74) is 3.62. The van der Waals surface area contributed by atoms with Crippen molar-refractivity contribution >= 4 is 11.8 Å². The number of esters is 1. The second-order valence-electron chi connectivity index (χ2n) is 7.85. The van der Waals surface area contributed by atoms with Gasteiger partial charge in [-0.05, 0) is 36.8 Å². The molecule has 1 aromatic rings. The molecule has 1 aliphatic heterocycles. The Labute approximate surface area is 154 Å². The summed E-state index contributed by atoms with van der Waals surface area (Å²) in [5, 5.41) is 3.33. The molecule has 0 spiro atoms. The van der Waals surface area contributed by atoms with E-state index in [2.05, 4.69) is 24.1 Å². The Morgan fingerprint density at radius 3 is 2.81 bits per heavy atom. The Morgan fingerprint density at radius 1 is 1.38 bits per heavy atom. The van der Waals surface area contributed by atoms with E-state index in [1.165, 1.54) is 0 Å². The van der Waals surface area contributed by atoms with Crippen LogP contribution in [-0.4, -0.2) is 23.3 Å². The summed E-state index contributed by atoms with van der Waals surface area (Å²) in [6, 6.07) is 3.75. The zero-order valence-corrected chi connectivity index (χ0v) is 15.9. The molecule has 0 unspecified atom stereocenters. The Hall–Kier alpha value is -2.43. The first-order chi connectivity index (χ1) is 12.3. The lowest BCUT2D eigenvalue weighted by Crippen LogP contribution is -2.38. The van der Waals surface area contributed by atoms with E-state index in [1.807, 2.05) is 26.0 Å². The minimum absolute atomic E-state index is 0.0888. The van der Waals surface area contributed by atoms with Gasteiger partial charge >= 0.3 is 5.97 Å². The van der Waals surface area contributed by atoms with Gasteiger partial charge in [-0.15, -0.1) is 0 Å². The average molecular weight is 354 g/mol. The van der Waals surface area contributed by atoms with E-state index in [4.69, 9.17) is 4.74 Å². The predicted octanol–water partition coefficient (Wildman–Crippen LogP) is 3.64. The van der Waals surface area contributed by atoms with Gasteiger partial charge in [0.15, 0.2) is 5.78 Å². The van der Waals surface area contributed by atoms with Crippen molar-refractivity contribution < 1.29 is 14.3 Å². The van der Waals surface area contributed by atoms with E-state index in [1.54, 1.807) is 12.4 Å². The van der Waals surface area contributed by atoms with Gasteiger partial charge in [-0.25, -0.2) is 4.79 Å². The van der Waals surface area contributed by atoms with E-state index in [0.717, 1.165) is 29.8 Å². The number of nitrogens with zero attached hydrogens (tertiary/aromatic N) is 1. The summed E-state index contributed by atoms with van der Waals surface area (Å²) in [6.45, 7) is 8.39. The highest BCUT2D eigenvalue weighted by Gasteiger charge is 2.43. The smallest absolute Gasteiger partial charge is 0.336 e. The number of carbonyl (C=O) groups is 2. The molecule has 0 aromatic carbocycles. The van der Waals surface area contributed by atoms with Crippen LogP contribution in [0.3, 0.4) is 0 Å². The second kappa shape index (κ2) is 7.06. The Morgan fingerprint density at radius 2 is 2.15 bits per heavy atom. The molecule has 0 fully saturated rings. The lowest BCUT2D eigenvalue weighted by Gasteiger charge is -2.39. The average Bonchev–Trinajstić information content (AvgIpc) is 2.58. The molecule has 3 rings (SSSR count). The predicted molar refractivity (Wildman–Crippen MR) is 99.1 cm³/mol. The van der Waals surface area contributed by atoms with Crippen LogP contribution in [0.15, 0.2) is 47.1 Å². The summed E-state index contributed by atoms with van der Waals surface area (Å²) in [4.78, 5) is 30.0. The van der Waals surface area contributed by atoms with Crippen molar-refractivity contribution in [2.75, 3.05) is 6.61 Å². The van der Waals surface area contributed by atoms with Gasteiger partial charge in [0, 0.05) is 41.7 Å². The van der Waals surface area contributed by atoms with Crippen molar-refractivity contribution in [3.8, 4) is 0 Å². The van der Waals surface area contributed by atoms with Crippen LogP contribution in [0.1, 0.15) is 58.4 Å². The SMILES string of the molecule is CCCOC(=O)C1=C(C)NC2=C(C(=O)CC(C)(C)C2)[C@@H]1c1cccnc1. The molecule has 2 aliphatic rings. The molecule has 0 saturated heterocycles. The maximum absolute atomic E-state index is 13.0. The molecule has 5 heteroatoms. The van der Waals surface area contributed by atoms with Crippen LogP contribution in [-0.2, 0) is 14.3 Å². The standard InChI is InChI=1S/C21H26N2O3/c1-5-9-26-20(25)17-13(2)23-15-10-21(3,4)11-16(24)19(15)18(17)14-7-6-8-22-12-14/h6-8,12,18,23H,5,9-11H2,1-4H3/t18-/m1/s1. The topological polar surface area (TPSA) is 68.3 Å². The third kappa shape index (κ3) is 3.43. The van der Waals surface area contributed by atoms with Gasteiger partial charge in [0.05, 0.1) is 12.2 Å². The van der Waals surface area contributed by atoms with Crippen LogP contribution in [0, 0.1) is 5.41 Å². The number of rotatable bonds is 4. The van der Waals surface area contributed by atoms with Crippen LogP contribution in [0.4, 0.5) is 0 Å². The maximum Gasteiger partial charge on any atom is 0.336 e. The number of aromatic nitrogens is 1. The minimum atomic E-state index is -0.423. The summed E-state index contributed by atoms with van der Waals surface area (Å²) < 4.78 is 5.42. The summed E-state index contributed by atoms with van der Waals surface area (Å²) >= 11 is 0. The molecular weight excluding hydrogens is 328 g/mol. The molecule has 0 radical (unpaired) electrons. The highest BCUT2D eigenvalue weighted by atomic mass is 16.5. The van der Waals surface area contributed by atoms with Gasteiger partial charge in [-0.1, -0.05) is 26.8 Å². The Bertz CT molecular complexity index is 791. The molecule has 1 aliphatic carbocycles. The first-order valence-corrected chi connectivity index (χ1v) is 9.15. The van der Waals surface area contributed by atoms with Crippen molar-refractivity contribution in [3.05, 3.63) is 52.6 Å². The van der Waals surface area contributed by atoms with Gasteiger partial charge in [0.25, 0.3) is 0 Å². The largest absolute Gasteiger partial charge is 0.462 e. The fourth-order valence-electron chi connectivity index (χ4n) is 3.86. The maximum atomic E-state index is 13.0. The van der Waals surface area contributed by atoms with Crippen molar-refractivity contribution in [2.24, 2.45) is 5.41 Å². The molecule has 138 valence electrons. The zero-order chi connectivity index (χ0) is 18.9. The Balaban J connectivity index is 2.11. The van der Waals surface area contributed by atoms with Gasteiger partial charge < -0.3 is 10.1 Å². The quantitative estimate of drug-likeness (QED) is 0.836. The van der Waals surface area contributed by atoms with Gasteiger partial charge in [0.2, 0.25) is 0 Å². The zero-order valence-electron chi connectivity index (χ0n) is 15.9. The minimum Gasteiger partial charge on any atom is -0.462 e. The summed E-state index contributed by atoms with van der Waals surface area (Å²) in [5.74, 6) is -0.700. The molecule has 1 atom stereocenters. The number of pyridine rings is 1. The van der Waals surface area contributed by atoms with E-state index in [-0.39, 0.29) is 17.2 Å². The van der Waals surface area contributed by atoms with E-state index >= 15 is 0 Å². The number of nitrogens with one attached hydrogen (secondary N) is 1. The number of Topliss-reactive ketones (excluding diaryl/α,β-unsaturated/α-hetero) is 1. The molecule has 2 heterocycles. The monoisotopic (exact) mass is 354 g/mol. The molecular formula is C21H26N2O3. The van der Waals surface area contributed by atoms with Gasteiger partial charge in [-0.2, -0.15) is 0 Å². The highest BCUT2D eigenvalue weighted by Crippen LogP contribution is 2.46. The van der Waals surface area contributed by atoms with Crippen LogP contribution in [0.2, 0.25) is 0 Å². The number of allylic oxidation sites excluding steroid dienone is 3. The molecule has 0 amide bonds. The highest BCUT2D eigenvalue weighted by molar-refractivity contribution is 6.04. The number of ketones is 1. The number of carbonyl (C=O) groups excluding carboxylic acids is 2. The van der Waals surface area contributed by atoms with Crippen molar-refractivity contribution in [3.63, 3.8) is 0 Å². The Kier molecular flexibility index (Phi) is 4.99. The van der Waals surface area contributed by atoms with E-state index in [9.17, 15) is 9.59 Å². The van der Waals surface area contributed by atoms with E-state index in [0.29, 0.717) is 24.2 Å². The molecule has 26 heavy (non-hydrogen) atoms. The second-order valence-corrected chi connectivity index (χ2v) is 7.85. The first kappa shape index (κ1) is 18.4. The third-order valence-corrected chi connectivity index (χ3v) is 4.91. The number of ether oxygens (including phenoxy) is 1. The van der Waals surface area contributed by atoms with E-state index < -0.39 is 5.92 Å². The fraction of sp³-hybridized carbons (Fsp3) is 0.476. The molecule has 0 saturated carbocycles. The van der Waals surface area contributed by atoms with Crippen LogP contribution >= 0.6 is 0 Å². The third-order valence-electron chi connectivity index (χ3n) is 4.91. The normalized spacial score (nSPS) is 22.0. The summed E-state index contributed by atoms with van der Waals surface area (Å²) in [6.07, 6.45) is 5.43. The number of hydrogen-bond donors (Lipinski definition) is 1. The van der Waals surface area contributed by atoms with Crippen molar-refractivity contribution in [2.45, 2.75) is 52.9 Å². The van der Waals surface area contributed by atoms with Gasteiger partial charge in [0.1, 0.15) is 0 Å². The van der Waals surface area contributed by atoms with Crippen molar-refractivity contribution in [1.29, 1.82) is 0 Å². The van der Waals surface area contributed by atoms with Gasteiger partial charge in [-0.3, -0.25) is 9.78 Å². The first-order valence-electron chi connectivity index (χ1n) is 9.15. The number of hydrogen-bond acceptors (Lipinski definition) is 5. The molecule has 0 bridgehead atoms. The molecule has 1 N–H and O–H groups in total. The lowest BCUT2D eigenvalue weighted by molar-refractivity contribution is -0.139. The lowest BCUT2D eigenvalue weighted by atomic mass is 9.69. The fourth-order valence-corrected chi connectivity index (χ4v) is 3.86. The number of dihydropyridines is 1. The molecule has 5 nitrogen and oxygen atoms in total. The molecule has 1 aromatic heterocycles. The summed E-state index contributed by atoms with van der Waals surface area (Å²) in [7, 11) is 0. The van der Waals surface area contributed by atoms with Crippen LogP contribution < -0.4 is 5.32 Å². The van der Waals surface area contributed by atoms with Crippen LogP contribution in [0.5, 0.6) is 0 Å². The van der Waals surface area contributed by atoms with Crippen molar-refractivity contribution in [1.82, 2.24) is 10.3 Å².